The second-order valence-electron chi connectivity index (χ2n) is 10.5. The molecule has 2 heterocycles. The third kappa shape index (κ3) is 2.63. The van der Waals surface area contributed by atoms with Crippen molar-refractivity contribution in [2.24, 2.45) is 5.41 Å². The van der Waals surface area contributed by atoms with Crippen LogP contribution in [0.4, 0.5) is 0 Å². The van der Waals surface area contributed by atoms with Gasteiger partial charge in [-0.3, -0.25) is 4.79 Å². The smallest absolute Gasteiger partial charge is 0.336 e. The van der Waals surface area contributed by atoms with Gasteiger partial charge < -0.3 is 24.1 Å². The Balaban J connectivity index is 1.82. The summed E-state index contributed by atoms with van der Waals surface area (Å²) in [4.78, 5) is 39.3. The predicted octanol–water partition coefficient (Wildman–Crippen LogP) is 3.85. The largest absolute Gasteiger partial charge is 0.502 e. The number of rotatable bonds is 3. The van der Waals surface area contributed by atoms with Crippen LogP contribution in [0.2, 0.25) is 0 Å². The Labute approximate surface area is 212 Å². The summed E-state index contributed by atoms with van der Waals surface area (Å²) in [5, 5.41) is 24.3. The van der Waals surface area contributed by atoms with E-state index in [2.05, 4.69) is 0 Å². The summed E-state index contributed by atoms with van der Waals surface area (Å²) in [5.41, 5.74) is -3.34. The first-order chi connectivity index (χ1) is 17.5. The third-order valence-corrected chi connectivity index (χ3v) is 8.17. The Morgan fingerprint density at radius 2 is 2.00 bits per heavy atom. The van der Waals surface area contributed by atoms with Crippen LogP contribution in [0.3, 0.4) is 0 Å². The van der Waals surface area contributed by atoms with Crippen molar-refractivity contribution in [1.82, 2.24) is 0 Å². The first kappa shape index (κ1) is 23.5. The number of aromatic hydroxyl groups is 1. The second-order valence-corrected chi connectivity index (χ2v) is 10.5. The van der Waals surface area contributed by atoms with Crippen LogP contribution in [-0.4, -0.2) is 34.7 Å². The molecular weight excluding hydrogens is 476 g/mol. The molecule has 2 N–H and O–H groups in total. The first-order valence-electron chi connectivity index (χ1n) is 12.1. The van der Waals surface area contributed by atoms with E-state index >= 15 is 0 Å². The van der Waals surface area contributed by atoms with Crippen molar-refractivity contribution in [1.29, 1.82) is 0 Å². The van der Waals surface area contributed by atoms with E-state index in [0.29, 0.717) is 17.6 Å². The Morgan fingerprint density at radius 3 is 2.70 bits per heavy atom. The van der Waals surface area contributed by atoms with E-state index < -0.39 is 39.9 Å². The number of fused-ring (bicyclic) bond motifs is 2. The zero-order chi connectivity index (χ0) is 26.5. The van der Waals surface area contributed by atoms with E-state index in [1.807, 2.05) is 32.9 Å². The van der Waals surface area contributed by atoms with Crippen LogP contribution in [0.5, 0.6) is 11.5 Å². The molecule has 0 spiro atoms. The van der Waals surface area contributed by atoms with E-state index in [9.17, 15) is 24.6 Å². The van der Waals surface area contributed by atoms with E-state index in [1.165, 1.54) is 25.3 Å². The van der Waals surface area contributed by atoms with Crippen LogP contribution in [0.1, 0.15) is 50.7 Å². The quantitative estimate of drug-likeness (QED) is 0.369. The maximum absolute atomic E-state index is 14.4. The lowest BCUT2D eigenvalue weighted by molar-refractivity contribution is -0.222. The zero-order valence-electron chi connectivity index (χ0n) is 20.9. The molecule has 0 saturated heterocycles. The van der Waals surface area contributed by atoms with Gasteiger partial charge in [0.25, 0.3) is 0 Å². The van der Waals surface area contributed by atoms with Gasteiger partial charge in [-0.1, -0.05) is 35.5 Å². The summed E-state index contributed by atoms with van der Waals surface area (Å²) in [6.45, 7) is 5.69. The summed E-state index contributed by atoms with van der Waals surface area (Å²) in [7, 11) is 1.37. The topological polar surface area (TPSA) is 123 Å². The van der Waals surface area contributed by atoms with E-state index in [-0.39, 0.29) is 34.5 Å². The third-order valence-electron chi connectivity index (χ3n) is 8.17. The Kier molecular flexibility index (Phi) is 4.65. The minimum Gasteiger partial charge on any atom is -0.502 e. The molecule has 0 amide bonds. The van der Waals surface area contributed by atoms with E-state index in [0.717, 1.165) is 11.1 Å². The van der Waals surface area contributed by atoms with Crippen LogP contribution in [0.15, 0.2) is 68.4 Å². The number of methoxy groups -OCH3 is 1. The fourth-order valence-electron chi connectivity index (χ4n) is 6.90. The number of esters is 1. The highest BCUT2D eigenvalue weighted by atomic mass is 16.6. The summed E-state index contributed by atoms with van der Waals surface area (Å²) >= 11 is 0. The molecule has 1 aromatic carbocycles. The Hall–Kier alpha value is -3.91. The molecule has 8 heteroatoms. The highest BCUT2D eigenvalue weighted by molar-refractivity contribution is 6.12. The van der Waals surface area contributed by atoms with Gasteiger partial charge in [-0.2, -0.15) is 0 Å². The fourth-order valence-corrected chi connectivity index (χ4v) is 6.90. The van der Waals surface area contributed by atoms with Gasteiger partial charge in [-0.05, 0) is 33.3 Å². The molecule has 4 aliphatic carbocycles. The van der Waals surface area contributed by atoms with Crippen molar-refractivity contribution in [2.75, 3.05) is 7.11 Å². The molecule has 5 aliphatic rings. The number of hydrogen-bond donors (Lipinski definition) is 2. The van der Waals surface area contributed by atoms with E-state index in [4.69, 9.17) is 13.9 Å². The lowest BCUT2D eigenvalue weighted by Gasteiger charge is -2.57. The number of allylic oxidation sites excluding steroid dienone is 3. The van der Waals surface area contributed by atoms with E-state index in [1.54, 1.807) is 12.2 Å². The Bertz CT molecular complexity index is 1610. The second kappa shape index (κ2) is 7.32. The molecule has 8 nitrogen and oxygen atoms in total. The zero-order valence-corrected chi connectivity index (χ0v) is 20.9. The number of aliphatic hydroxyl groups is 1. The number of hydrogen-bond acceptors (Lipinski definition) is 8. The molecule has 2 aromatic rings. The molecule has 1 aliphatic heterocycles. The summed E-state index contributed by atoms with van der Waals surface area (Å²) < 4.78 is 17.0. The number of carbonyl (C=O) groups excluding carboxylic acids is 2. The average Bonchev–Trinajstić information content (AvgIpc) is 2.98. The van der Waals surface area contributed by atoms with Gasteiger partial charge in [0.15, 0.2) is 11.3 Å². The van der Waals surface area contributed by atoms with Gasteiger partial charge >= 0.3 is 11.6 Å². The van der Waals surface area contributed by atoms with Crippen molar-refractivity contribution in [2.45, 2.75) is 50.7 Å². The molecule has 190 valence electrons. The standard InChI is InChI=1S/C29H26O8/c1-14(2)5-6-16-13-27-10-9-20(31)37-29(27,26(16)33)28(34)12-15(3)11-18(27)21-22(28)17-7-8-19(30)36-24(17)23(32)25(21)35-4/h5,7-11,13,18,32,34H,6,12H2,1-4H3. The van der Waals surface area contributed by atoms with Crippen molar-refractivity contribution in [3.05, 3.63) is 80.8 Å². The minimum atomic E-state index is -2.07. The number of phenols is 1. The van der Waals surface area contributed by atoms with Gasteiger partial charge in [-0.15, -0.1) is 0 Å². The number of phenolic OH excluding ortho intramolecular Hbond substituents is 1. The van der Waals surface area contributed by atoms with Crippen LogP contribution in [0, 0.1) is 5.41 Å². The van der Waals surface area contributed by atoms with Crippen LogP contribution in [-0.2, 0) is 19.9 Å². The van der Waals surface area contributed by atoms with Crippen molar-refractivity contribution >= 4 is 22.7 Å². The van der Waals surface area contributed by atoms with Crippen LogP contribution in [0.25, 0.3) is 11.0 Å². The minimum absolute atomic E-state index is 0.0260. The molecule has 7 rings (SSSR count). The fraction of sp³-hybridized carbons (Fsp3) is 0.345. The number of ketones is 1. The molecule has 1 aromatic heterocycles. The molecule has 37 heavy (non-hydrogen) atoms. The highest BCUT2D eigenvalue weighted by Crippen LogP contribution is 2.72. The van der Waals surface area contributed by atoms with Gasteiger partial charge in [0.2, 0.25) is 17.1 Å². The number of benzene rings is 1. The summed E-state index contributed by atoms with van der Waals surface area (Å²) in [6.07, 6.45) is 8.85. The first-order valence-corrected chi connectivity index (χ1v) is 12.1. The molecular formula is C29H26O8. The summed E-state index contributed by atoms with van der Waals surface area (Å²) in [6, 6.07) is 2.63. The monoisotopic (exact) mass is 502 g/mol. The molecule has 0 fully saturated rings. The number of ether oxygens (including phenoxy) is 2. The van der Waals surface area contributed by atoms with Crippen LogP contribution >= 0.6 is 0 Å². The average molecular weight is 503 g/mol. The van der Waals surface area contributed by atoms with Gasteiger partial charge in [0.05, 0.1) is 12.5 Å². The Morgan fingerprint density at radius 1 is 1.24 bits per heavy atom. The van der Waals surface area contributed by atoms with Gasteiger partial charge in [-0.25, -0.2) is 9.59 Å². The number of carbonyl (C=O) groups is 2. The maximum Gasteiger partial charge on any atom is 0.336 e. The van der Waals surface area contributed by atoms with Crippen LogP contribution < -0.4 is 10.4 Å². The molecule has 2 bridgehead atoms. The molecule has 0 saturated carbocycles. The van der Waals surface area contributed by atoms with Crippen molar-refractivity contribution in [3.8, 4) is 11.5 Å². The molecule has 0 radical (unpaired) electrons. The SMILES string of the molecule is COc1c2c(c3ccc(=O)oc3c1O)C1(O)CC(C)=CC2C23C=CC(=O)OC12C(=O)C(CC=C(C)C)=C3. The molecule has 4 atom stereocenters. The normalized spacial score (nSPS) is 31.1. The lowest BCUT2D eigenvalue weighted by atomic mass is 9.50. The number of Topliss-reactive ketones (excluding diaryl/α,β-unsaturated/α-hetero) is 1. The van der Waals surface area contributed by atoms with Gasteiger partial charge in [0, 0.05) is 46.6 Å². The lowest BCUT2D eigenvalue weighted by Crippen LogP contribution is -2.69. The predicted molar refractivity (Wildman–Crippen MR) is 133 cm³/mol. The van der Waals surface area contributed by atoms with Gasteiger partial charge in [0.1, 0.15) is 5.60 Å². The highest BCUT2D eigenvalue weighted by Gasteiger charge is 2.79. The molecule has 4 unspecified atom stereocenters. The summed E-state index contributed by atoms with van der Waals surface area (Å²) in [5.74, 6) is -2.21. The maximum atomic E-state index is 14.4. The van der Waals surface area contributed by atoms with Crippen molar-refractivity contribution in [3.63, 3.8) is 0 Å². The van der Waals surface area contributed by atoms with Crippen molar-refractivity contribution < 1.29 is 33.7 Å².